The lowest BCUT2D eigenvalue weighted by atomic mass is 10.1. The number of benzene rings is 1. The van der Waals surface area contributed by atoms with Crippen LogP contribution < -0.4 is 10.5 Å². The second-order valence-corrected chi connectivity index (χ2v) is 2.70. The van der Waals surface area contributed by atoms with E-state index in [0.717, 1.165) is 6.07 Å². The highest BCUT2D eigenvalue weighted by molar-refractivity contribution is 5.85. The van der Waals surface area contributed by atoms with Gasteiger partial charge in [-0.15, -0.1) is 12.4 Å². The van der Waals surface area contributed by atoms with Gasteiger partial charge in [0.15, 0.2) is 11.6 Å². The lowest BCUT2D eigenvalue weighted by molar-refractivity contribution is 0.314. The topological polar surface area (TPSA) is 35.2 Å². The number of hydrogen-bond acceptors (Lipinski definition) is 2. The van der Waals surface area contributed by atoms with E-state index in [1.807, 2.05) is 0 Å². The minimum Gasteiger partial charge on any atom is -0.488 e. The first kappa shape index (κ1) is 10.2. The standard InChI is InChI=1S/C8H7F2NO.ClH/c9-5-2-1-4-6(11)3-12-8(4)7(5)10;/h1-2,6H,3,11H2;1H/t6-;/m0./s1. The highest BCUT2D eigenvalue weighted by Gasteiger charge is 2.25. The first-order valence-corrected chi connectivity index (χ1v) is 3.56. The molecule has 1 aromatic carbocycles. The zero-order valence-electron chi connectivity index (χ0n) is 6.59. The molecule has 1 aromatic rings. The summed E-state index contributed by atoms with van der Waals surface area (Å²) in [6.07, 6.45) is 0. The molecule has 2 nitrogen and oxygen atoms in total. The Balaban J connectivity index is 0.000000845. The summed E-state index contributed by atoms with van der Waals surface area (Å²) in [5.74, 6) is -1.88. The molecule has 0 spiro atoms. The van der Waals surface area contributed by atoms with Crippen molar-refractivity contribution in [3.8, 4) is 5.75 Å². The Kier molecular flexibility index (Phi) is 2.73. The molecule has 0 aromatic heterocycles. The van der Waals surface area contributed by atoms with Crippen LogP contribution in [0.25, 0.3) is 0 Å². The molecule has 0 saturated carbocycles. The monoisotopic (exact) mass is 207 g/mol. The molecular weight excluding hydrogens is 200 g/mol. The summed E-state index contributed by atoms with van der Waals surface area (Å²) in [5, 5.41) is 0. The van der Waals surface area contributed by atoms with Crippen LogP contribution in [0.15, 0.2) is 12.1 Å². The minimum absolute atomic E-state index is 0. The van der Waals surface area contributed by atoms with Crippen molar-refractivity contribution in [1.29, 1.82) is 0 Å². The zero-order valence-corrected chi connectivity index (χ0v) is 7.41. The van der Waals surface area contributed by atoms with Gasteiger partial charge < -0.3 is 10.5 Å². The maximum atomic E-state index is 12.9. The summed E-state index contributed by atoms with van der Waals surface area (Å²) in [6, 6.07) is 2.17. The maximum absolute atomic E-state index is 12.9. The molecule has 13 heavy (non-hydrogen) atoms. The van der Waals surface area contributed by atoms with Gasteiger partial charge >= 0.3 is 0 Å². The smallest absolute Gasteiger partial charge is 0.200 e. The first-order valence-electron chi connectivity index (χ1n) is 3.56. The van der Waals surface area contributed by atoms with Crippen molar-refractivity contribution in [3.05, 3.63) is 29.3 Å². The molecule has 0 unspecified atom stereocenters. The van der Waals surface area contributed by atoms with Crippen molar-refractivity contribution in [2.45, 2.75) is 6.04 Å². The van der Waals surface area contributed by atoms with Crippen molar-refractivity contribution in [1.82, 2.24) is 0 Å². The molecule has 0 aliphatic carbocycles. The van der Waals surface area contributed by atoms with Crippen LogP contribution in [-0.4, -0.2) is 6.61 Å². The van der Waals surface area contributed by atoms with Gasteiger partial charge in [0, 0.05) is 5.56 Å². The third kappa shape index (κ3) is 1.47. The van der Waals surface area contributed by atoms with Gasteiger partial charge in [0.1, 0.15) is 6.61 Å². The van der Waals surface area contributed by atoms with Crippen molar-refractivity contribution in [3.63, 3.8) is 0 Å². The molecule has 1 heterocycles. The molecule has 2 N–H and O–H groups in total. The molecule has 0 saturated heterocycles. The van der Waals surface area contributed by atoms with Crippen LogP contribution in [0.4, 0.5) is 8.78 Å². The second kappa shape index (κ2) is 3.47. The minimum atomic E-state index is -0.944. The molecule has 1 aliphatic heterocycles. The Hall–Kier alpha value is -0.870. The van der Waals surface area contributed by atoms with E-state index >= 15 is 0 Å². The Labute approximate surface area is 80.1 Å². The molecule has 5 heteroatoms. The Morgan fingerprint density at radius 3 is 2.77 bits per heavy atom. The number of hydrogen-bond donors (Lipinski definition) is 1. The molecule has 2 rings (SSSR count). The predicted octanol–water partition coefficient (Wildman–Crippen LogP) is 1.78. The second-order valence-electron chi connectivity index (χ2n) is 2.70. The van der Waals surface area contributed by atoms with Crippen LogP contribution in [-0.2, 0) is 0 Å². The van der Waals surface area contributed by atoms with Crippen LogP contribution in [0.5, 0.6) is 5.75 Å². The summed E-state index contributed by atoms with van der Waals surface area (Å²) < 4.78 is 30.4. The van der Waals surface area contributed by atoms with Gasteiger partial charge in [-0.3, -0.25) is 0 Å². The lowest BCUT2D eigenvalue weighted by Gasteiger charge is -2.00. The molecule has 0 bridgehead atoms. The Bertz CT molecular complexity index is 332. The molecule has 1 aliphatic rings. The molecular formula is C8H8ClF2NO. The molecule has 72 valence electrons. The van der Waals surface area contributed by atoms with Crippen LogP contribution in [0.2, 0.25) is 0 Å². The highest BCUT2D eigenvalue weighted by Crippen LogP contribution is 2.34. The Morgan fingerprint density at radius 1 is 1.38 bits per heavy atom. The van der Waals surface area contributed by atoms with Crippen LogP contribution in [0.3, 0.4) is 0 Å². The zero-order chi connectivity index (χ0) is 8.72. The van der Waals surface area contributed by atoms with E-state index in [4.69, 9.17) is 10.5 Å². The highest BCUT2D eigenvalue weighted by atomic mass is 35.5. The van der Waals surface area contributed by atoms with Gasteiger partial charge in [0.2, 0.25) is 5.82 Å². The third-order valence-corrected chi connectivity index (χ3v) is 1.89. The largest absolute Gasteiger partial charge is 0.488 e. The van der Waals surface area contributed by atoms with Gasteiger partial charge in [-0.1, -0.05) is 6.07 Å². The van der Waals surface area contributed by atoms with Gasteiger partial charge in [-0.05, 0) is 6.07 Å². The van der Waals surface area contributed by atoms with Crippen LogP contribution >= 0.6 is 12.4 Å². The fourth-order valence-corrected chi connectivity index (χ4v) is 1.25. The number of nitrogens with two attached hydrogens (primary N) is 1. The van der Waals surface area contributed by atoms with E-state index in [1.165, 1.54) is 6.07 Å². The fraction of sp³-hybridized carbons (Fsp3) is 0.250. The molecule has 0 fully saturated rings. The van der Waals surface area contributed by atoms with E-state index in [2.05, 4.69) is 0 Å². The lowest BCUT2D eigenvalue weighted by Crippen LogP contribution is -2.10. The van der Waals surface area contributed by atoms with Crippen molar-refractivity contribution in [2.24, 2.45) is 5.73 Å². The number of halogens is 3. The van der Waals surface area contributed by atoms with Gasteiger partial charge in [0.05, 0.1) is 6.04 Å². The summed E-state index contributed by atoms with van der Waals surface area (Å²) in [7, 11) is 0. The average molecular weight is 208 g/mol. The maximum Gasteiger partial charge on any atom is 0.200 e. The van der Waals surface area contributed by atoms with E-state index in [1.54, 1.807) is 0 Å². The predicted molar refractivity (Wildman–Crippen MR) is 46.0 cm³/mol. The summed E-state index contributed by atoms with van der Waals surface area (Å²) in [4.78, 5) is 0. The van der Waals surface area contributed by atoms with Crippen molar-refractivity contribution in [2.75, 3.05) is 6.61 Å². The average Bonchev–Trinajstić information content (AvgIpc) is 2.41. The quantitative estimate of drug-likeness (QED) is 0.704. The third-order valence-electron chi connectivity index (χ3n) is 1.89. The Morgan fingerprint density at radius 2 is 2.08 bits per heavy atom. The SMILES string of the molecule is Cl.N[C@H]1COc2c1ccc(F)c2F. The number of rotatable bonds is 0. The van der Waals surface area contributed by atoms with Crippen molar-refractivity contribution < 1.29 is 13.5 Å². The molecule has 0 radical (unpaired) electrons. The molecule has 0 amide bonds. The normalized spacial score (nSPS) is 18.8. The van der Waals surface area contributed by atoms with Gasteiger partial charge in [-0.2, -0.15) is 4.39 Å². The van der Waals surface area contributed by atoms with E-state index < -0.39 is 11.6 Å². The summed E-state index contributed by atoms with van der Waals surface area (Å²) in [6.45, 7) is 0.218. The fourth-order valence-electron chi connectivity index (χ4n) is 1.25. The number of ether oxygens (including phenoxy) is 1. The van der Waals surface area contributed by atoms with Gasteiger partial charge in [0.25, 0.3) is 0 Å². The van der Waals surface area contributed by atoms with E-state index in [0.29, 0.717) is 5.56 Å². The van der Waals surface area contributed by atoms with Crippen LogP contribution in [0.1, 0.15) is 11.6 Å². The summed E-state index contributed by atoms with van der Waals surface area (Å²) in [5.41, 5.74) is 6.09. The van der Waals surface area contributed by atoms with Crippen molar-refractivity contribution >= 4 is 12.4 Å². The van der Waals surface area contributed by atoms with Gasteiger partial charge in [-0.25, -0.2) is 4.39 Å². The van der Waals surface area contributed by atoms with E-state index in [9.17, 15) is 8.78 Å². The first-order chi connectivity index (χ1) is 5.70. The number of fused-ring (bicyclic) bond motifs is 1. The molecule has 1 atom stereocenters. The summed E-state index contributed by atoms with van der Waals surface area (Å²) >= 11 is 0. The van der Waals surface area contributed by atoms with Crippen LogP contribution in [0, 0.1) is 11.6 Å². The van der Waals surface area contributed by atoms with E-state index in [-0.39, 0.29) is 30.8 Å².